The van der Waals surface area contributed by atoms with Crippen molar-refractivity contribution in [2.75, 3.05) is 6.54 Å². The molecule has 17 heavy (non-hydrogen) atoms. The van der Waals surface area contributed by atoms with Crippen molar-refractivity contribution in [2.24, 2.45) is 17.1 Å². The van der Waals surface area contributed by atoms with E-state index in [9.17, 15) is 4.79 Å². The van der Waals surface area contributed by atoms with Crippen LogP contribution in [0.5, 0.6) is 0 Å². The average molecular weight is 242 g/mol. The van der Waals surface area contributed by atoms with Crippen LogP contribution in [0.4, 0.5) is 0 Å². The summed E-state index contributed by atoms with van der Waals surface area (Å²) >= 11 is 0. The molecule has 0 rings (SSSR count). The van der Waals surface area contributed by atoms with Crippen LogP contribution < -0.4 is 11.1 Å². The Morgan fingerprint density at radius 3 is 2.29 bits per heavy atom. The zero-order valence-corrected chi connectivity index (χ0v) is 12.2. The summed E-state index contributed by atoms with van der Waals surface area (Å²) in [5.74, 6) is 0.677. The molecule has 1 unspecified atom stereocenters. The molecule has 0 aliphatic carbocycles. The van der Waals surface area contributed by atoms with Gasteiger partial charge in [-0.1, -0.05) is 34.6 Å². The molecule has 0 aliphatic heterocycles. The highest BCUT2D eigenvalue weighted by atomic mass is 16.1. The minimum Gasteiger partial charge on any atom is -0.353 e. The highest BCUT2D eigenvalue weighted by molar-refractivity contribution is 5.76. The van der Waals surface area contributed by atoms with Crippen LogP contribution in [0.15, 0.2) is 0 Å². The molecule has 3 N–H and O–H groups in total. The number of hydrogen-bond donors (Lipinski definition) is 2. The van der Waals surface area contributed by atoms with Crippen molar-refractivity contribution in [3.8, 4) is 0 Å². The number of carbonyl (C=O) groups excluding carboxylic acids is 1. The maximum Gasteiger partial charge on any atom is 0.220 e. The summed E-state index contributed by atoms with van der Waals surface area (Å²) < 4.78 is 0. The number of hydrogen-bond acceptors (Lipinski definition) is 2. The molecule has 0 bridgehead atoms. The molecule has 0 aromatic heterocycles. The molecule has 0 fully saturated rings. The minimum absolute atomic E-state index is 0.172. The Labute approximate surface area is 107 Å². The van der Waals surface area contributed by atoms with Crippen molar-refractivity contribution in [2.45, 2.75) is 66.3 Å². The first-order chi connectivity index (χ1) is 7.82. The molecule has 3 nitrogen and oxygen atoms in total. The standard InChI is InChI=1S/C14H30N2O/c1-6-12(11(2)3)16-13(17)7-8-14(4,5)9-10-15/h11-12H,6-10,15H2,1-5H3,(H,16,17). The third kappa shape index (κ3) is 7.37. The Balaban J connectivity index is 4.02. The van der Waals surface area contributed by atoms with E-state index in [2.05, 4.69) is 39.9 Å². The van der Waals surface area contributed by atoms with Crippen molar-refractivity contribution in [1.82, 2.24) is 5.32 Å². The smallest absolute Gasteiger partial charge is 0.220 e. The second-order valence-corrected chi connectivity index (χ2v) is 6.03. The molecule has 0 heterocycles. The van der Waals surface area contributed by atoms with E-state index in [1.54, 1.807) is 0 Å². The van der Waals surface area contributed by atoms with Gasteiger partial charge in [-0.15, -0.1) is 0 Å². The van der Waals surface area contributed by atoms with E-state index in [0.29, 0.717) is 24.9 Å². The second kappa shape index (κ2) is 7.70. The highest BCUT2D eigenvalue weighted by Gasteiger charge is 2.20. The SMILES string of the molecule is CCC(NC(=O)CCC(C)(C)CCN)C(C)C. The first kappa shape index (κ1) is 16.4. The van der Waals surface area contributed by atoms with E-state index in [0.717, 1.165) is 19.3 Å². The average Bonchev–Trinajstić information content (AvgIpc) is 2.22. The first-order valence-electron chi connectivity index (χ1n) is 6.82. The number of amides is 1. The summed E-state index contributed by atoms with van der Waals surface area (Å²) in [4.78, 5) is 11.8. The molecular weight excluding hydrogens is 212 g/mol. The summed E-state index contributed by atoms with van der Waals surface area (Å²) in [6.45, 7) is 11.4. The van der Waals surface area contributed by atoms with Gasteiger partial charge < -0.3 is 11.1 Å². The van der Waals surface area contributed by atoms with Crippen molar-refractivity contribution in [1.29, 1.82) is 0 Å². The third-order valence-electron chi connectivity index (χ3n) is 3.44. The van der Waals surface area contributed by atoms with Crippen LogP contribution in [-0.2, 0) is 4.79 Å². The monoisotopic (exact) mass is 242 g/mol. The Morgan fingerprint density at radius 2 is 1.88 bits per heavy atom. The minimum atomic E-state index is 0.172. The van der Waals surface area contributed by atoms with Crippen molar-refractivity contribution in [3.63, 3.8) is 0 Å². The van der Waals surface area contributed by atoms with E-state index in [4.69, 9.17) is 5.73 Å². The van der Waals surface area contributed by atoms with Gasteiger partial charge in [0.05, 0.1) is 0 Å². The van der Waals surface area contributed by atoms with E-state index in [1.807, 2.05) is 0 Å². The summed E-state index contributed by atoms with van der Waals surface area (Å²) in [5.41, 5.74) is 5.73. The lowest BCUT2D eigenvalue weighted by Gasteiger charge is -2.25. The molecular formula is C14H30N2O. The van der Waals surface area contributed by atoms with Gasteiger partial charge in [-0.3, -0.25) is 4.79 Å². The lowest BCUT2D eigenvalue weighted by molar-refractivity contribution is -0.122. The molecule has 0 saturated carbocycles. The van der Waals surface area contributed by atoms with Crippen molar-refractivity contribution < 1.29 is 4.79 Å². The normalized spacial score (nSPS) is 13.8. The topological polar surface area (TPSA) is 55.1 Å². The van der Waals surface area contributed by atoms with Crippen LogP contribution in [-0.4, -0.2) is 18.5 Å². The fourth-order valence-corrected chi connectivity index (χ4v) is 1.99. The predicted octanol–water partition coefficient (Wildman–Crippen LogP) is 2.69. The van der Waals surface area contributed by atoms with Gasteiger partial charge in [-0.25, -0.2) is 0 Å². The number of nitrogens with one attached hydrogen (secondary N) is 1. The number of rotatable bonds is 8. The maximum absolute atomic E-state index is 11.8. The summed E-state index contributed by atoms with van der Waals surface area (Å²) in [6.07, 6.45) is 3.48. The number of nitrogens with two attached hydrogens (primary N) is 1. The molecule has 102 valence electrons. The fourth-order valence-electron chi connectivity index (χ4n) is 1.99. The molecule has 0 aromatic rings. The van der Waals surface area contributed by atoms with Crippen molar-refractivity contribution >= 4 is 5.91 Å². The van der Waals surface area contributed by atoms with Gasteiger partial charge in [0.25, 0.3) is 0 Å². The Hall–Kier alpha value is -0.570. The number of carbonyl (C=O) groups is 1. The first-order valence-corrected chi connectivity index (χ1v) is 6.82. The van der Waals surface area contributed by atoms with Gasteiger partial charge in [-0.05, 0) is 37.1 Å². The molecule has 0 aliphatic rings. The Morgan fingerprint density at radius 1 is 1.29 bits per heavy atom. The molecule has 1 amide bonds. The van der Waals surface area contributed by atoms with Crippen LogP contribution in [0, 0.1) is 11.3 Å². The van der Waals surface area contributed by atoms with Crippen LogP contribution in [0.25, 0.3) is 0 Å². The second-order valence-electron chi connectivity index (χ2n) is 6.03. The zero-order valence-electron chi connectivity index (χ0n) is 12.2. The molecule has 1 atom stereocenters. The molecule has 0 aromatic carbocycles. The molecule has 0 spiro atoms. The Bertz CT molecular complexity index is 224. The largest absolute Gasteiger partial charge is 0.353 e. The van der Waals surface area contributed by atoms with Gasteiger partial charge >= 0.3 is 0 Å². The van der Waals surface area contributed by atoms with E-state index in [1.165, 1.54) is 0 Å². The summed E-state index contributed by atoms with van der Waals surface area (Å²) in [7, 11) is 0. The van der Waals surface area contributed by atoms with Gasteiger partial charge in [0.1, 0.15) is 0 Å². The van der Waals surface area contributed by atoms with Gasteiger partial charge in [0.15, 0.2) is 0 Å². The fraction of sp³-hybridized carbons (Fsp3) is 0.929. The van der Waals surface area contributed by atoms with Crippen LogP contribution in [0.2, 0.25) is 0 Å². The highest BCUT2D eigenvalue weighted by Crippen LogP contribution is 2.25. The zero-order chi connectivity index (χ0) is 13.5. The van der Waals surface area contributed by atoms with Gasteiger partial charge in [0, 0.05) is 12.5 Å². The molecule has 0 radical (unpaired) electrons. The van der Waals surface area contributed by atoms with E-state index >= 15 is 0 Å². The maximum atomic E-state index is 11.8. The van der Waals surface area contributed by atoms with Crippen LogP contribution in [0.1, 0.15) is 60.3 Å². The van der Waals surface area contributed by atoms with E-state index in [-0.39, 0.29) is 11.3 Å². The Kier molecular flexibility index (Phi) is 7.44. The molecule has 0 saturated heterocycles. The lowest BCUT2D eigenvalue weighted by Crippen LogP contribution is -2.38. The third-order valence-corrected chi connectivity index (χ3v) is 3.44. The van der Waals surface area contributed by atoms with Crippen LogP contribution in [0.3, 0.4) is 0 Å². The quantitative estimate of drug-likeness (QED) is 0.687. The predicted molar refractivity (Wildman–Crippen MR) is 73.7 cm³/mol. The van der Waals surface area contributed by atoms with Gasteiger partial charge in [0.2, 0.25) is 5.91 Å². The van der Waals surface area contributed by atoms with Crippen LogP contribution >= 0.6 is 0 Å². The van der Waals surface area contributed by atoms with Crippen molar-refractivity contribution in [3.05, 3.63) is 0 Å². The summed E-state index contributed by atoms with van der Waals surface area (Å²) in [5, 5.41) is 3.11. The van der Waals surface area contributed by atoms with Gasteiger partial charge in [-0.2, -0.15) is 0 Å². The van der Waals surface area contributed by atoms with E-state index < -0.39 is 0 Å². The summed E-state index contributed by atoms with van der Waals surface area (Å²) in [6, 6.07) is 0.306. The lowest BCUT2D eigenvalue weighted by atomic mass is 9.84. The molecule has 3 heteroatoms.